The summed E-state index contributed by atoms with van der Waals surface area (Å²) in [6, 6.07) is 14.7. The van der Waals surface area contributed by atoms with Gasteiger partial charge in [0.2, 0.25) is 0 Å². The first kappa shape index (κ1) is 43.3. The van der Waals surface area contributed by atoms with Crippen molar-refractivity contribution in [1.29, 1.82) is 0 Å². The molecule has 0 bridgehead atoms. The third kappa shape index (κ3) is 12.3. The highest BCUT2D eigenvalue weighted by atomic mass is 32.2. The molecule has 0 aliphatic carbocycles. The number of ether oxygens (including phenoxy) is 2. The average Bonchev–Trinajstić information content (AvgIpc) is 3.15. The van der Waals surface area contributed by atoms with Crippen molar-refractivity contribution in [2.45, 2.75) is 114 Å². The summed E-state index contributed by atoms with van der Waals surface area (Å²) in [5.41, 5.74) is 2.44. The van der Waals surface area contributed by atoms with E-state index < -0.39 is 35.9 Å². The van der Waals surface area contributed by atoms with E-state index in [0.717, 1.165) is 36.5 Å². The molecule has 14 heteroatoms. The number of carbonyl (C=O) groups is 1. The van der Waals surface area contributed by atoms with E-state index in [9.17, 15) is 31.3 Å². The lowest BCUT2D eigenvalue weighted by atomic mass is 10.0. The number of sulfonamides is 1. The molecule has 0 unspecified atom stereocenters. The molecule has 0 radical (unpaired) electrons. The van der Waals surface area contributed by atoms with Crippen molar-refractivity contribution in [3.63, 3.8) is 0 Å². The summed E-state index contributed by atoms with van der Waals surface area (Å²) in [4.78, 5) is 13.3. The van der Waals surface area contributed by atoms with E-state index in [-0.39, 0.29) is 28.7 Å². The van der Waals surface area contributed by atoms with Gasteiger partial charge in [-0.2, -0.15) is 26.8 Å². The van der Waals surface area contributed by atoms with E-state index in [2.05, 4.69) is 16.9 Å². The quantitative estimate of drug-likeness (QED) is 0.0377. The molecule has 300 valence electrons. The molecule has 4 aromatic rings. The summed E-state index contributed by atoms with van der Waals surface area (Å²) in [6.07, 6.45) is 16.8. The molecule has 4 rings (SSSR count). The number of unbranched alkanes of at least 4 members (excludes halogenated alkanes) is 13. The van der Waals surface area contributed by atoms with Crippen LogP contribution in [0.1, 0.15) is 113 Å². The molecule has 1 aromatic heterocycles. The number of pyridine rings is 1. The largest absolute Gasteiger partial charge is 0.496 e. The number of rotatable bonds is 23. The maximum absolute atomic E-state index is 13.8. The van der Waals surface area contributed by atoms with E-state index in [1.165, 1.54) is 94.5 Å². The maximum Gasteiger partial charge on any atom is 0.335 e. The van der Waals surface area contributed by atoms with Gasteiger partial charge >= 0.3 is 5.97 Å². The van der Waals surface area contributed by atoms with Gasteiger partial charge in [-0.15, -0.1) is 0 Å². The van der Waals surface area contributed by atoms with Gasteiger partial charge in [0, 0.05) is 12.4 Å². The van der Waals surface area contributed by atoms with Gasteiger partial charge in [-0.3, -0.25) is 4.55 Å². The van der Waals surface area contributed by atoms with Crippen molar-refractivity contribution in [2.24, 2.45) is 12.1 Å². The zero-order valence-electron chi connectivity index (χ0n) is 32.3. The van der Waals surface area contributed by atoms with Crippen LogP contribution < -0.4 is 19.7 Å². The Hall–Kier alpha value is -4.40. The molecule has 1 heterocycles. The molecule has 0 saturated carbocycles. The van der Waals surface area contributed by atoms with Crippen molar-refractivity contribution in [3.8, 4) is 22.8 Å². The van der Waals surface area contributed by atoms with Gasteiger partial charge in [-0.25, -0.2) is 4.79 Å². The minimum Gasteiger partial charge on any atom is -0.496 e. The first-order valence-electron chi connectivity index (χ1n) is 19.1. The van der Waals surface area contributed by atoms with Gasteiger partial charge < -0.3 is 19.1 Å². The monoisotopic (exact) mass is 797 g/mol. The average molecular weight is 798 g/mol. The van der Waals surface area contributed by atoms with E-state index in [1.807, 2.05) is 19.1 Å². The number of hydrogen-bond acceptors (Lipinski definition) is 8. The molecule has 0 spiro atoms. The van der Waals surface area contributed by atoms with Crippen LogP contribution in [0.4, 0.5) is 0 Å². The molecule has 12 nitrogen and oxygen atoms in total. The smallest absolute Gasteiger partial charge is 0.335 e. The molecule has 3 aromatic carbocycles. The summed E-state index contributed by atoms with van der Waals surface area (Å²) in [5, 5.41) is 14.2. The van der Waals surface area contributed by atoms with Gasteiger partial charge in [0.25, 0.3) is 20.1 Å². The summed E-state index contributed by atoms with van der Waals surface area (Å²) in [7, 11) is -5.80. The van der Waals surface area contributed by atoms with Crippen LogP contribution in [0.5, 0.6) is 11.5 Å². The maximum atomic E-state index is 13.8. The number of carboxylic acids is 1. The van der Waals surface area contributed by atoms with Gasteiger partial charge in [0.1, 0.15) is 16.4 Å². The van der Waals surface area contributed by atoms with Crippen LogP contribution in [-0.2, 0) is 27.2 Å². The Labute approximate surface area is 325 Å². The van der Waals surface area contributed by atoms with Gasteiger partial charge in [-0.1, -0.05) is 90.4 Å². The van der Waals surface area contributed by atoms with Gasteiger partial charge in [0.05, 0.1) is 40.7 Å². The lowest BCUT2D eigenvalue weighted by molar-refractivity contribution is 0.0696. The minimum atomic E-state index is -4.61. The lowest BCUT2D eigenvalue weighted by Gasteiger charge is -2.16. The van der Waals surface area contributed by atoms with Crippen LogP contribution in [0, 0.1) is 6.92 Å². The Morgan fingerprint density at radius 2 is 1.38 bits per heavy atom. The SMILES string of the molecule is CCCCCCCCCCCCCCCCOc1ccc(C(=O)O)cc1S(=O)(=O)NN=c1cc(-c2ccc(OC)c(C)c2)n(C)c2ccc(S(=O)(=O)O)cc12. The van der Waals surface area contributed by atoms with E-state index >= 15 is 0 Å². The fraction of sp³-hybridized carbons (Fsp3) is 0.463. The fourth-order valence-electron chi connectivity index (χ4n) is 6.62. The highest BCUT2D eigenvalue weighted by molar-refractivity contribution is 7.89. The fourth-order valence-corrected chi connectivity index (χ4v) is 8.12. The van der Waals surface area contributed by atoms with Crippen LogP contribution in [0.25, 0.3) is 22.2 Å². The Balaban J connectivity index is 1.51. The van der Waals surface area contributed by atoms with Crippen LogP contribution in [0.2, 0.25) is 0 Å². The highest BCUT2D eigenvalue weighted by Gasteiger charge is 2.22. The number of benzene rings is 3. The Morgan fingerprint density at radius 3 is 1.95 bits per heavy atom. The summed E-state index contributed by atoms with van der Waals surface area (Å²) < 4.78 is 74.7. The Morgan fingerprint density at radius 1 is 0.782 bits per heavy atom. The van der Waals surface area contributed by atoms with Crippen molar-refractivity contribution < 1.29 is 40.8 Å². The standard InChI is InChI=1S/C41H55N3O9S2/c1-5-6-7-8-9-10-11-12-13-14-15-16-17-18-25-53-39-24-20-32(41(45)46)27-40(39)54(47,48)43-42-35-29-37(31-19-23-38(52-4)30(2)26-31)44(3)36-22-21-33(28-34(35)36)55(49,50)51/h19-24,26-29,43H,5-18,25H2,1-4H3,(H,45,46)(H,49,50,51). The minimum absolute atomic E-state index is 0.0187. The zero-order chi connectivity index (χ0) is 40.0. The van der Waals surface area contributed by atoms with Crippen molar-refractivity contribution >= 4 is 37.0 Å². The number of fused-ring (bicyclic) bond motifs is 1. The molecule has 55 heavy (non-hydrogen) atoms. The third-order valence-corrected chi connectivity index (χ3v) is 11.8. The summed E-state index contributed by atoms with van der Waals surface area (Å²) in [6.45, 7) is 4.36. The predicted octanol–water partition coefficient (Wildman–Crippen LogP) is 8.76. The predicted molar refractivity (Wildman–Crippen MR) is 215 cm³/mol. The molecule has 0 atom stereocenters. The number of hydrogen-bond donors (Lipinski definition) is 3. The molecule has 0 amide bonds. The molecule has 0 fully saturated rings. The number of aromatic carboxylic acids is 1. The number of aromatic nitrogens is 1. The Kier molecular flexibility index (Phi) is 16.1. The van der Waals surface area contributed by atoms with E-state index in [0.29, 0.717) is 23.4 Å². The number of aryl methyl sites for hydroxylation is 2. The first-order valence-corrected chi connectivity index (χ1v) is 22.0. The number of carboxylic acid groups (broad SMARTS) is 1. The van der Waals surface area contributed by atoms with E-state index in [4.69, 9.17) is 9.47 Å². The normalized spacial score (nSPS) is 12.3. The van der Waals surface area contributed by atoms with Gasteiger partial charge in [-0.05, 0) is 85.1 Å². The molecule has 0 saturated heterocycles. The second kappa shape index (κ2) is 20.5. The molecular weight excluding hydrogens is 743 g/mol. The number of nitrogens with one attached hydrogen (secondary N) is 1. The van der Waals surface area contributed by atoms with Crippen LogP contribution >= 0.6 is 0 Å². The number of nitrogens with zero attached hydrogens (tertiary/aromatic N) is 2. The van der Waals surface area contributed by atoms with E-state index in [1.54, 1.807) is 30.9 Å². The lowest BCUT2D eigenvalue weighted by Crippen LogP contribution is -2.24. The van der Waals surface area contributed by atoms with Crippen LogP contribution in [0.3, 0.4) is 0 Å². The molecule has 0 aliphatic heterocycles. The summed E-state index contributed by atoms with van der Waals surface area (Å²) >= 11 is 0. The first-order chi connectivity index (χ1) is 26.3. The summed E-state index contributed by atoms with van der Waals surface area (Å²) in [5.74, 6) is -0.658. The topological polar surface area (TPSA) is 174 Å². The van der Waals surface area contributed by atoms with Gasteiger partial charge in [0.15, 0.2) is 0 Å². The van der Waals surface area contributed by atoms with Crippen molar-refractivity contribution in [1.82, 2.24) is 9.40 Å². The zero-order valence-corrected chi connectivity index (χ0v) is 34.0. The van der Waals surface area contributed by atoms with Crippen LogP contribution in [0.15, 0.2) is 75.6 Å². The Bertz CT molecular complexity index is 2220. The second-order valence-electron chi connectivity index (χ2n) is 13.9. The number of methoxy groups -OCH3 is 1. The van der Waals surface area contributed by atoms with Crippen molar-refractivity contribution in [3.05, 3.63) is 77.1 Å². The van der Waals surface area contributed by atoms with Crippen LogP contribution in [-0.4, -0.2) is 50.7 Å². The molecule has 3 N–H and O–H groups in total. The molecule has 0 aliphatic rings. The highest BCUT2D eigenvalue weighted by Crippen LogP contribution is 2.29. The molecular formula is C41H55N3O9S2. The van der Waals surface area contributed by atoms with Crippen molar-refractivity contribution in [2.75, 3.05) is 13.7 Å². The third-order valence-electron chi connectivity index (χ3n) is 9.75. The second-order valence-corrected chi connectivity index (χ2v) is 17.0.